The first-order valence-electron chi connectivity index (χ1n) is 6.41. The third kappa shape index (κ3) is 3.21. The van der Waals surface area contributed by atoms with Crippen molar-refractivity contribution >= 4 is 38.9 Å². The van der Waals surface area contributed by atoms with Gasteiger partial charge in [0.2, 0.25) is 0 Å². The summed E-state index contributed by atoms with van der Waals surface area (Å²) in [5.74, 6) is -0.123. The number of nitrogen functional groups attached to an aromatic ring is 1. The second-order valence-corrected chi connectivity index (χ2v) is 6.86. The highest BCUT2D eigenvalue weighted by atomic mass is 79.9. The Morgan fingerprint density at radius 3 is 2.75 bits per heavy atom. The molecule has 0 aliphatic rings. The molecular weight excluding hydrogens is 340 g/mol. The van der Waals surface area contributed by atoms with Crippen LogP contribution in [0, 0.1) is 0 Å². The van der Waals surface area contributed by atoms with E-state index in [1.807, 2.05) is 26.0 Å². The fraction of sp³-hybridized carbons (Fsp3) is 0.385. The van der Waals surface area contributed by atoms with Crippen LogP contribution in [-0.4, -0.2) is 27.1 Å². The highest BCUT2D eigenvalue weighted by Gasteiger charge is 2.21. The van der Waals surface area contributed by atoms with Gasteiger partial charge in [0.05, 0.1) is 16.0 Å². The van der Waals surface area contributed by atoms with E-state index in [9.17, 15) is 4.79 Å². The Balaban J connectivity index is 2.17. The second kappa shape index (κ2) is 6.41. The standard InChI is InChI=1S/C13H17BrN4OS/c1-3-17(7-9-5-6-11(14)20-9)13(19)12-10(15)8-18(4-2)16-12/h5-6,8H,3-4,7,15H2,1-2H3. The molecule has 0 radical (unpaired) electrons. The molecule has 2 aromatic heterocycles. The minimum Gasteiger partial charge on any atom is -0.396 e. The van der Waals surface area contributed by atoms with Crippen molar-refractivity contribution in [2.75, 3.05) is 12.3 Å². The molecule has 0 saturated carbocycles. The lowest BCUT2D eigenvalue weighted by Crippen LogP contribution is -2.31. The van der Waals surface area contributed by atoms with Crippen LogP contribution < -0.4 is 5.73 Å². The number of aryl methyl sites for hydroxylation is 1. The largest absolute Gasteiger partial charge is 0.396 e. The molecule has 0 aliphatic carbocycles. The third-order valence-electron chi connectivity index (χ3n) is 2.96. The molecule has 0 aliphatic heterocycles. The monoisotopic (exact) mass is 356 g/mol. The summed E-state index contributed by atoms with van der Waals surface area (Å²) < 4.78 is 2.74. The number of hydrogen-bond donors (Lipinski definition) is 1. The highest BCUT2D eigenvalue weighted by molar-refractivity contribution is 9.11. The maximum absolute atomic E-state index is 12.5. The van der Waals surface area contributed by atoms with Crippen LogP contribution in [0.3, 0.4) is 0 Å². The minimum absolute atomic E-state index is 0.123. The van der Waals surface area contributed by atoms with Crippen LogP contribution in [0.2, 0.25) is 0 Å². The van der Waals surface area contributed by atoms with Crippen molar-refractivity contribution in [1.82, 2.24) is 14.7 Å². The van der Waals surface area contributed by atoms with Crippen molar-refractivity contribution in [3.63, 3.8) is 0 Å². The van der Waals surface area contributed by atoms with Crippen LogP contribution in [0.25, 0.3) is 0 Å². The van der Waals surface area contributed by atoms with E-state index in [1.54, 1.807) is 27.1 Å². The van der Waals surface area contributed by atoms with E-state index in [4.69, 9.17) is 5.73 Å². The Morgan fingerprint density at radius 2 is 2.25 bits per heavy atom. The molecule has 0 bridgehead atoms. The van der Waals surface area contributed by atoms with Gasteiger partial charge < -0.3 is 10.6 Å². The zero-order valence-corrected chi connectivity index (χ0v) is 13.9. The zero-order chi connectivity index (χ0) is 14.7. The predicted molar refractivity (Wildman–Crippen MR) is 84.7 cm³/mol. The van der Waals surface area contributed by atoms with E-state index in [-0.39, 0.29) is 5.91 Å². The van der Waals surface area contributed by atoms with Crippen molar-refractivity contribution in [1.29, 1.82) is 0 Å². The van der Waals surface area contributed by atoms with Gasteiger partial charge >= 0.3 is 0 Å². The lowest BCUT2D eigenvalue weighted by atomic mass is 10.3. The Labute approximate surface area is 130 Å². The zero-order valence-electron chi connectivity index (χ0n) is 11.5. The smallest absolute Gasteiger partial charge is 0.276 e. The number of nitrogens with zero attached hydrogens (tertiary/aromatic N) is 3. The SMILES string of the molecule is CCN(Cc1ccc(Br)s1)C(=O)c1nn(CC)cc1N. The summed E-state index contributed by atoms with van der Waals surface area (Å²) in [6.07, 6.45) is 1.70. The van der Waals surface area contributed by atoms with Crippen molar-refractivity contribution in [3.8, 4) is 0 Å². The van der Waals surface area contributed by atoms with Crippen molar-refractivity contribution in [2.45, 2.75) is 26.9 Å². The van der Waals surface area contributed by atoms with Gasteiger partial charge in [0, 0.05) is 24.2 Å². The van der Waals surface area contributed by atoms with Crippen LogP contribution >= 0.6 is 27.3 Å². The number of carbonyl (C=O) groups is 1. The van der Waals surface area contributed by atoms with Crippen LogP contribution in [0.1, 0.15) is 29.2 Å². The molecule has 0 fully saturated rings. The second-order valence-electron chi connectivity index (χ2n) is 4.31. The summed E-state index contributed by atoms with van der Waals surface area (Å²) >= 11 is 5.05. The number of halogens is 1. The molecule has 7 heteroatoms. The summed E-state index contributed by atoms with van der Waals surface area (Å²) in [5.41, 5.74) is 6.64. The van der Waals surface area contributed by atoms with Crippen molar-refractivity contribution in [2.24, 2.45) is 0 Å². The first-order chi connectivity index (χ1) is 9.55. The molecular formula is C13H17BrN4OS. The molecule has 1 amide bonds. The number of thiophene rings is 1. The van der Waals surface area contributed by atoms with Crippen LogP contribution in [0.4, 0.5) is 5.69 Å². The number of carbonyl (C=O) groups excluding carboxylic acids is 1. The summed E-state index contributed by atoms with van der Waals surface area (Å²) in [6.45, 7) is 5.80. The van der Waals surface area contributed by atoms with Gasteiger partial charge in [-0.25, -0.2) is 0 Å². The molecule has 0 unspecified atom stereocenters. The summed E-state index contributed by atoms with van der Waals surface area (Å²) in [5, 5.41) is 4.24. The number of anilines is 1. The number of aromatic nitrogens is 2. The highest BCUT2D eigenvalue weighted by Crippen LogP contribution is 2.24. The Morgan fingerprint density at radius 1 is 1.50 bits per heavy atom. The fourth-order valence-electron chi connectivity index (χ4n) is 1.87. The Bertz CT molecular complexity index is 607. The average Bonchev–Trinajstić information content (AvgIpc) is 3.01. The van der Waals surface area contributed by atoms with Gasteiger partial charge in [-0.3, -0.25) is 9.48 Å². The molecule has 5 nitrogen and oxygen atoms in total. The quantitative estimate of drug-likeness (QED) is 0.895. The molecule has 0 spiro atoms. The van der Waals surface area contributed by atoms with Gasteiger partial charge in [-0.1, -0.05) is 0 Å². The van der Waals surface area contributed by atoms with Crippen molar-refractivity contribution < 1.29 is 4.79 Å². The molecule has 0 atom stereocenters. The molecule has 108 valence electrons. The lowest BCUT2D eigenvalue weighted by molar-refractivity contribution is 0.0748. The molecule has 20 heavy (non-hydrogen) atoms. The number of amides is 1. The van der Waals surface area contributed by atoms with Gasteiger partial charge in [-0.2, -0.15) is 5.10 Å². The molecule has 2 aromatic rings. The molecule has 0 saturated heterocycles. The molecule has 0 aromatic carbocycles. The number of hydrogen-bond acceptors (Lipinski definition) is 4. The lowest BCUT2D eigenvalue weighted by Gasteiger charge is -2.19. The topological polar surface area (TPSA) is 64.2 Å². The summed E-state index contributed by atoms with van der Waals surface area (Å²) in [7, 11) is 0. The van der Waals surface area contributed by atoms with Crippen LogP contribution in [-0.2, 0) is 13.1 Å². The van der Waals surface area contributed by atoms with Crippen LogP contribution in [0.15, 0.2) is 22.1 Å². The predicted octanol–water partition coefficient (Wildman–Crippen LogP) is 2.97. The average molecular weight is 357 g/mol. The van der Waals surface area contributed by atoms with Crippen molar-refractivity contribution in [3.05, 3.63) is 32.7 Å². The maximum Gasteiger partial charge on any atom is 0.276 e. The number of nitrogens with two attached hydrogens (primary N) is 1. The van der Waals surface area contributed by atoms with E-state index in [0.717, 1.165) is 8.66 Å². The Kier molecular flexibility index (Phi) is 4.82. The molecule has 2 heterocycles. The summed E-state index contributed by atoms with van der Waals surface area (Å²) in [6, 6.07) is 4.00. The summed E-state index contributed by atoms with van der Waals surface area (Å²) in [4.78, 5) is 15.4. The van der Waals surface area contributed by atoms with Gasteiger partial charge in [-0.15, -0.1) is 11.3 Å². The maximum atomic E-state index is 12.5. The van der Waals surface area contributed by atoms with E-state index in [0.29, 0.717) is 31.0 Å². The first kappa shape index (κ1) is 15.1. The fourth-order valence-corrected chi connectivity index (χ4v) is 3.37. The van der Waals surface area contributed by atoms with E-state index in [2.05, 4.69) is 21.0 Å². The normalized spacial score (nSPS) is 10.8. The van der Waals surface area contributed by atoms with Crippen LogP contribution in [0.5, 0.6) is 0 Å². The van der Waals surface area contributed by atoms with E-state index >= 15 is 0 Å². The van der Waals surface area contributed by atoms with E-state index < -0.39 is 0 Å². The van der Waals surface area contributed by atoms with Gasteiger partial charge in [-0.05, 0) is 41.9 Å². The molecule has 2 rings (SSSR count). The van der Waals surface area contributed by atoms with Gasteiger partial charge in [0.25, 0.3) is 5.91 Å². The van der Waals surface area contributed by atoms with Gasteiger partial charge in [0.15, 0.2) is 5.69 Å². The minimum atomic E-state index is -0.123. The third-order valence-corrected chi connectivity index (χ3v) is 4.57. The Hall–Kier alpha value is -1.34. The number of rotatable bonds is 5. The van der Waals surface area contributed by atoms with Gasteiger partial charge in [0.1, 0.15) is 0 Å². The van der Waals surface area contributed by atoms with E-state index in [1.165, 1.54) is 0 Å². The first-order valence-corrected chi connectivity index (χ1v) is 8.02. The molecule has 2 N–H and O–H groups in total.